The first-order chi connectivity index (χ1) is 15.0. The summed E-state index contributed by atoms with van der Waals surface area (Å²) in [6.07, 6.45) is 2.02. The second-order valence-electron chi connectivity index (χ2n) is 7.72. The molecule has 7 nitrogen and oxygen atoms in total. The van der Waals surface area contributed by atoms with E-state index in [0.29, 0.717) is 11.4 Å². The smallest absolute Gasteiger partial charge is 0.293 e. The number of benzene rings is 3. The normalized spacial score (nSPS) is 13.8. The number of nitro groups is 1. The van der Waals surface area contributed by atoms with Crippen molar-refractivity contribution in [2.45, 2.75) is 31.8 Å². The zero-order valence-corrected chi connectivity index (χ0v) is 17.2. The highest BCUT2D eigenvalue weighted by molar-refractivity contribution is 6.05. The summed E-state index contributed by atoms with van der Waals surface area (Å²) in [5, 5.41) is 20.8. The van der Waals surface area contributed by atoms with Gasteiger partial charge in [-0.2, -0.15) is 0 Å². The topological polar surface area (TPSA) is 96.3 Å². The van der Waals surface area contributed by atoms with Crippen molar-refractivity contribution in [3.05, 3.63) is 94.0 Å². The van der Waals surface area contributed by atoms with Crippen molar-refractivity contribution < 1.29 is 9.72 Å². The maximum absolute atomic E-state index is 12.6. The number of nitro benzene ring substituents is 1. The lowest BCUT2D eigenvalue weighted by Crippen LogP contribution is -2.13. The van der Waals surface area contributed by atoms with Crippen LogP contribution >= 0.6 is 0 Å². The van der Waals surface area contributed by atoms with Gasteiger partial charge in [-0.25, -0.2) is 0 Å². The number of carbonyl (C=O) groups excluding carboxylic acids is 1. The highest BCUT2D eigenvalue weighted by atomic mass is 16.6. The molecule has 7 heteroatoms. The zero-order valence-electron chi connectivity index (χ0n) is 17.2. The third-order valence-electron chi connectivity index (χ3n) is 5.22. The van der Waals surface area contributed by atoms with Gasteiger partial charge < -0.3 is 16.0 Å². The Labute approximate surface area is 180 Å². The van der Waals surface area contributed by atoms with E-state index in [0.717, 1.165) is 18.5 Å². The Morgan fingerprint density at radius 3 is 2.32 bits per heavy atom. The molecule has 1 fully saturated rings. The SMILES string of the molecule is CC(Nc1ccc(NC(=O)c2ccc(NC3CC3)c([N+](=O)[O-])c2)cc1)c1ccccc1. The Balaban J connectivity index is 1.41. The minimum atomic E-state index is -0.462. The van der Waals surface area contributed by atoms with Gasteiger partial charge in [-0.05, 0) is 61.7 Å². The molecule has 0 aromatic heterocycles. The molecule has 0 aliphatic heterocycles. The Morgan fingerprint density at radius 2 is 1.68 bits per heavy atom. The highest BCUT2D eigenvalue weighted by Crippen LogP contribution is 2.31. The molecule has 1 saturated carbocycles. The third-order valence-corrected chi connectivity index (χ3v) is 5.22. The van der Waals surface area contributed by atoms with E-state index in [1.807, 2.05) is 30.3 Å². The summed E-state index contributed by atoms with van der Waals surface area (Å²) in [5.41, 5.74) is 3.33. The van der Waals surface area contributed by atoms with Crippen LogP contribution in [0.3, 0.4) is 0 Å². The number of carbonyl (C=O) groups is 1. The average molecular weight is 416 g/mol. The van der Waals surface area contributed by atoms with E-state index in [1.165, 1.54) is 11.6 Å². The molecule has 1 amide bonds. The van der Waals surface area contributed by atoms with Crippen LogP contribution in [-0.4, -0.2) is 16.9 Å². The fourth-order valence-corrected chi connectivity index (χ4v) is 3.32. The van der Waals surface area contributed by atoms with E-state index < -0.39 is 4.92 Å². The van der Waals surface area contributed by atoms with Gasteiger partial charge in [0, 0.05) is 35.1 Å². The molecule has 31 heavy (non-hydrogen) atoms. The summed E-state index contributed by atoms with van der Waals surface area (Å²) in [7, 11) is 0. The molecule has 1 unspecified atom stereocenters. The van der Waals surface area contributed by atoms with E-state index in [9.17, 15) is 14.9 Å². The van der Waals surface area contributed by atoms with Crippen molar-refractivity contribution in [1.82, 2.24) is 0 Å². The Kier molecular flexibility index (Phi) is 5.84. The fourth-order valence-electron chi connectivity index (χ4n) is 3.32. The van der Waals surface area contributed by atoms with Crippen LogP contribution in [0.1, 0.15) is 41.7 Å². The fraction of sp³-hybridized carbons (Fsp3) is 0.208. The van der Waals surface area contributed by atoms with Crippen LogP contribution in [0.5, 0.6) is 0 Å². The van der Waals surface area contributed by atoms with Crippen LogP contribution in [0, 0.1) is 10.1 Å². The van der Waals surface area contributed by atoms with Crippen molar-refractivity contribution in [3.63, 3.8) is 0 Å². The minimum Gasteiger partial charge on any atom is -0.379 e. The van der Waals surface area contributed by atoms with Crippen LogP contribution < -0.4 is 16.0 Å². The molecule has 0 radical (unpaired) electrons. The third kappa shape index (κ3) is 5.19. The first-order valence-electron chi connectivity index (χ1n) is 10.3. The monoisotopic (exact) mass is 416 g/mol. The van der Waals surface area contributed by atoms with Crippen LogP contribution in [0.15, 0.2) is 72.8 Å². The first-order valence-corrected chi connectivity index (χ1v) is 10.3. The lowest BCUT2D eigenvalue weighted by atomic mass is 10.1. The number of nitrogens with one attached hydrogen (secondary N) is 3. The lowest BCUT2D eigenvalue weighted by molar-refractivity contribution is -0.384. The van der Waals surface area contributed by atoms with Crippen molar-refractivity contribution >= 4 is 28.7 Å². The van der Waals surface area contributed by atoms with Gasteiger partial charge in [-0.15, -0.1) is 0 Å². The largest absolute Gasteiger partial charge is 0.379 e. The highest BCUT2D eigenvalue weighted by Gasteiger charge is 2.25. The van der Waals surface area contributed by atoms with E-state index in [2.05, 4.69) is 35.0 Å². The number of anilines is 3. The lowest BCUT2D eigenvalue weighted by Gasteiger charge is -2.16. The molecule has 158 valence electrons. The summed E-state index contributed by atoms with van der Waals surface area (Å²) < 4.78 is 0. The van der Waals surface area contributed by atoms with E-state index >= 15 is 0 Å². The molecule has 1 atom stereocenters. The molecule has 1 aliphatic carbocycles. The van der Waals surface area contributed by atoms with Gasteiger partial charge >= 0.3 is 0 Å². The maximum atomic E-state index is 12.6. The Hall–Kier alpha value is -3.87. The number of hydrogen-bond acceptors (Lipinski definition) is 5. The molecule has 3 aromatic rings. The van der Waals surface area contributed by atoms with Gasteiger partial charge in [0.05, 0.1) is 4.92 Å². The number of amides is 1. The Bertz CT molecular complexity index is 1080. The van der Waals surface area contributed by atoms with E-state index in [1.54, 1.807) is 24.3 Å². The second-order valence-corrected chi connectivity index (χ2v) is 7.72. The molecular formula is C24H24N4O3. The summed E-state index contributed by atoms with van der Waals surface area (Å²) in [5.74, 6) is -0.389. The molecule has 0 bridgehead atoms. The van der Waals surface area contributed by atoms with Crippen LogP contribution in [-0.2, 0) is 0 Å². The summed E-state index contributed by atoms with van der Waals surface area (Å²) in [6.45, 7) is 2.08. The molecule has 0 saturated heterocycles. The quantitative estimate of drug-likeness (QED) is 0.328. The standard InChI is InChI=1S/C24H24N4O3/c1-16(17-5-3-2-4-6-17)25-19-8-12-21(13-9-19)27-24(29)18-7-14-22(26-20-10-11-20)23(15-18)28(30)31/h2-9,12-16,20,25-26H,10-11H2,1H3,(H,27,29). The number of hydrogen-bond donors (Lipinski definition) is 3. The Morgan fingerprint density at radius 1 is 1.00 bits per heavy atom. The van der Waals surface area contributed by atoms with Crippen molar-refractivity contribution in [1.29, 1.82) is 0 Å². The van der Waals surface area contributed by atoms with Gasteiger partial charge in [-0.3, -0.25) is 14.9 Å². The molecule has 4 rings (SSSR count). The predicted molar refractivity (Wildman–Crippen MR) is 123 cm³/mol. The van der Waals surface area contributed by atoms with Crippen molar-refractivity contribution in [3.8, 4) is 0 Å². The van der Waals surface area contributed by atoms with Crippen molar-refractivity contribution in [2.75, 3.05) is 16.0 Å². The average Bonchev–Trinajstić information content (AvgIpc) is 3.60. The molecule has 0 spiro atoms. The predicted octanol–water partition coefficient (Wildman–Crippen LogP) is 5.59. The zero-order chi connectivity index (χ0) is 21.8. The van der Waals surface area contributed by atoms with Gasteiger partial charge in [-0.1, -0.05) is 30.3 Å². The molecule has 1 aliphatic rings. The number of nitrogens with zero attached hydrogens (tertiary/aromatic N) is 1. The van der Waals surface area contributed by atoms with Gasteiger partial charge in [0.15, 0.2) is 0 Å². The minimum absolute atomic E-state index is 0.0889. The second kappa shape index (κ2) is 8.87. The summed E-state index contributed by atoms with van der Waals surface area (Å²) in [4.78, 5) is 23.6. The summed E-state index contributed by atoms with van der Waals surface area (Å²) >= 11 is 0. The van der Waals surface area contributed by atoms with E-state index in [-0.39, 0.29) is 29.2 Å². The van der Waals surface area contributed by atoms with Crippen LogP contribution in [0.25, 0.3) is 0 Å². The first kappa shape index (κ1) is 20.4. The van der Waals surface area contributed by atoms with E-state index in [4.69, 9.17) is 0 Å². The van der Waals surface area contributed by atoms with Crippen LogP contribution in [0.2, 0.25) is 0 Å². The maximum Gasteiger partial charge on any atom is 0.293 e. The molecule has 0 heterocycles. The molecule has 3 N–H and O–H groups in total. The molecular weight excluding hydrogens is 392 g/mol. The molecule has 3 aromatic carbocycles. The van der Waals surface area contributed by atoms with Crippen LogP contribution in [0.4, 0.5) is 22.7 Å². The van der Waals surface area contributed by atoms with Gasteiger partial charge in [0.25, 0.3) is 11.6 Å². The summed E-state index contributed by atoms with van der Waals surface area (Å²) in [6, 6.07) is 22.5. The number of rotatable bonds is 8. The van der Waals surface area contributed by atoms with Gasteiger partial charge in [0.1, 0.15) is 5.69 Å². The van der Waals surface area contributed by atoms with Crippen molar-refractivity contribution in [2.24, 2.45) is 0 Å². The van der Waals surface area contributed by atoms with Gasteiger partial charge in [0.2, 0.25) is 0 Å².